The molecule has 1 unspecified atom stereocenters. The molecule has 48 heavy (non-hydrogen) atoms. The van der Waals surface area contributed by atoms with Gasteiger partial charge in [0, 0.05) is 41.2 Å². The molecule has 3 aromatic rings. The SMILES string of the molecule is CCCCn1c(O)c2c3c(c1=O)=C(C)/C(=C/c1[nH]c(c(C)c1CC)/C=c1\[nH]/c(c(C)c1C(C)=O)=C\C1N=C2[C@@H](CCC(=O)OC)[C@@H]1C)N=3. The molecule has 0 aromatic carbocycles. The number of nitrogens with one attached hydrogen (secondary N) is 2. The monoisotopic (exact) mass is 651 g/mol. The van der Waals surface area contributed by atoms with E-state index in [0.717, 1.165) is 57.2 Å². The normalized spacial score (nSPS) is 21.8. The first-order valence-corrected chi connectivity index (χ1v) is 17.0. The first-order valence-electron chi connectivity index (χ1n) is 17.0. The van der Waals surface area contributed by atoms with Crippen molar-refractivity contribution in [3.05, 3.63) is 76.5 Å². The van der Waals surface area contributed by atoms with Gasteiger partial charge in [-0.15, -0.1) is 0 Å². The molecule has 0 spiro atoms. The van der Waals surface area contributed by atoms with Gasteiger partial charge in [0.25, 0.3) is 5.56 Å². The lowest BCUT2D eigenvalue weighted by molar-refractivity contribution is -0.140. The Kier molecular flexibility index (Phi) is 8.78. The molecule has 3 aliphatic heterocycles. The summed E-state index contributed by atoms with van der Waals surface area (Å²) in [6.07, 6.45) is 8.95. The van der Waals surface area contributed by atoms with E-state index in [1.54, 1.807) is 6.92 Å². The van der Waals surface area contributed by atoms with Crippen molar-refractivity contribution in [1.29, 1.82) is 0 Å². The van der Waals surface area contributed by atoms with Crippen molar-refractivity contribution in [2.45, 2.75) is 93.2 Å². The van der Waals surface area contributed by atoms with Gasteiger partial charge in [0.05, 0.1) is 46.0 Å². The molecule has 3 atom stereocenters. The Morgan fingerprint density at radius 2 is 1.81 bits per heavy atom. The van der Waals surface area contributed by atoms with Gasteiger partial charge in [-0.3, -0.25) is 23.9 Å². The second-order valence-electron chi connectivity index (χ2n) is 13.3. The molecule has 3 aliphatic rings. The molecule has 0 radical (unpaired) electrons. The summed E-state index contributed by atoms with van der Waals surface area (Å²) in [6, 6.07) is -0.348. The van der Waals surface area contributed by atoms with Crippen LogP contribution in [0.2, 0.25) is 0 Å². The lowest BCUT2D eigenvalue weighted by atomic mass is 9.82. The molecule has 0 aliphatic carbocycles. The minimum atomic E-state index is -0.348. The highest BCUT2D eigenvalue weighted by Gasteiger charge is 2.39. The van der Waals surface area contributed by atoms with Crippen LogP contribution in [0.4, 0.5) is 0 Å². The zero-order chi connectivity index (χ0) is 34.6. The number of ketones is 1. The van der Waals surface area contributed by atoms with Crippen LogP contribution in [-0.2, 0) is 22.5 Å². The maximum absolute atomic E-state index is 14.1. The van der Waals surface area contributed by atoms with Crippen LogP contribution in [0.1, 0.15) is 104 Å². The molecule has 0 saturated heterocycles. The minimum Gasteiger partial charge on any atom is -0.494 e. The van der Waals surface area contributed by atoms with E-state index in [1.165, 1.54) is 11.7 Å². The number of aromatic amines is 2. The third-order valence-corrected chi connectivity index (χ3v) is 10.5. The molecule has 3 N–H and O–H groups in total. The number of unbranched alkanes of at least 4 members (excludes halogenated alkanes) is 1. The molecule has 0 saturated carbocycles. The summed E-state index contributed by atoms with van der Waals surface area (Å²) in [6.45, 7) is 14.1. The average molecular weight is 652 g/mol. The number of methoxy groups -OCH3 is 1. The summed E-state index contributed by atoms with van der Waals surface area (Å²) >= 11 is 0. The average Bonchev–Trinajstić information content (AvgIpc) is 3.73. The largest absolute Gasteiger partial charge is 0.494 e. The molecular weight excluding hydrogens is 606 g/mol. The van der Waals surface area contributed by atoms with Crippen LogP contribution in [0.25, 0.3) is 23.8 Å². The van der Waals surface area contributed by atoms with E-state index in [1.807, 2.05) is 39.0 Å². The molecular formula is C38H45N5O5. The van der Waals surface area contributed by atoms with E-state index in [2.05, 4.69) is 30.7 Å². The van der Waals surface area contributed by atoms with Gasteiger partial charge in [-0.25, -0.2) is 4.99 Å². The minimum absolute atomic E-state index is 0.0376. The number of aromatic nitrogens is 3. The molecule has 10 nitrogen and oxygen atoms in total. The van der Waals surface area contributed by atoms with Crippen molar-refractivity contribution in [1.82, 2.24) is 14.5 Å². The fraction of sp³-hybridized carbons (Fsp3) is 0.447. The fourth-order valence-corrected chi connectivity index (χ4v) is 7.68. The number of aromatic hydroxyl groups is 1. The van der Waals surface area contributed by atoms with E-state index in [9.17, 15) is 19.5 Å². The van der Waals surface area contributed by atoms with E-state index in [4.69, 9.17) is 14.7 Å². The number of nitrogens with zero attached hydrogens (tertiary/aromatic N) is 3. The van der Waals surface area contributed by atoms with Crippen molar-refractivity contribution >= 4 is 41.3 Å². The standard InChI is InChI=1S/C38H45N5O5/c1-9-11-14-43-37(46)33-21(6)28-16-29-23(10-2)18(3)25(39-29)17-30-32(22(7)44)20(5)27(40-30)15-26-19(4)24(12-13-31(45)48-8)35(41-26)34(38(43)47)36(33)42-28/h15-17,19,24,26,39-40,47H,9-14H2,1-8H3/b27-15-,28-16-,30-17-/t19-,24-,26?/m0/s1. The van der Waals surface area contributed by atoms with Gasteiger partial charge in [-0.2, -0.15) is 0 Å². The molecule has 3 aromatic heterocycles. The third-order valence-electron chi connectivity index (χ3n) is 10.5. The van der Waals surface area contributed by atoms with E-state index in [-0.39, 0.29) is 47.5 Å². The van der Waals surface area contributed by atoms with Crippen molar-refractivity contribution in [3.63, 3.8) is 0 Å². The number of allylic oxidation sites excluding steroid dienone is 1. The second kappa shape index (κ2) is 12.7. The highest BCUT2D eigenvalue weighted by atomic mass is 16.5. The lowest BCUT2D eigenvalue weighted by Gasteiger charge is -2.21. The number of pyridine rings is 1. The Bertz CT molecular complexity index is 2240. The molecule has 8 bridgehead atoms. The topological polar surface area (TPSA) is 142 Å². The van der Waals surface area contributed by atoms with E-state index >= 15 is 0 Å². The Morgan fingerprint density at radius 3 is 2.48 bits per heavy atom. The van der Waals surface area contributed by atoms with Gasteiger partial charge in [-0.05, 0) is 93.4 Å². The Hall–Kier alpha value is -4.73. The Morgan fingerprint density at radius 1 is 1.06 bits per heavy atom. The van der Waals surface area contributed by atoms with Crippen molar-refractivity contribution in [2.24, 2.45) is 21.8 Å². The number of Topliss-reactive ketones (excluding diaryl/α,β-unsaturated/α-hetero) is 1. The number of esters is 1. The van der Waals surface area contributed by atoms with Crippen LogP contribution in [-0.4, -0.2) is 50.3 Å². The molecule has 0 fully saturated rings. The predicted octanol–water partition coefficient (Wildman–Crippen LogP) is 3.24. The first kappa shape index (κ1) is 33.2. The lowest BCUT2D eigenvalue weighted by Crippen LogP contribution is -2.47. The van der Waals surface area contributed by atoms with Crippen LogP contribution in [0, 0.1) is 25.7 Å². The van der Waals surface area contributed by atoms with Crippen LogP contribution in [0.5, 0.6) is 5.88 Å². The summed E-state index contributed by atoms with van der Waals surface area (Å²) in [7, 11) is 1.37. The van der Waals surface area contributed by atoms with Gasteiger partial charge in [0.15, 0.2) is 5.78 Å². The maximum atomic E-state index is 14.1. The summed E-state index contributed by atoms with van der Waals surface area (Å²) in [5.74, 6) is -0.842. The maximum Gasteiger partial charge on any atom is 0.305 e. The number of hydrogen-bond donors (Lipinski definition) is 3. The number of hydrogen-bond acceptors (Lipinski definition) is 7. The van der Waals surface area contributed by atoms with Crippen LogP contribution in [0.15, 0.2) is 20.5 Å². The smallest absolute Gasteiger partial charge is 0.305 e. The van der Waals surface area contributed by atoms with Crippen LogP contribution >= 0.6 is 0 Å². The zero-order valence-corrected chi connectivity index (χ0v) is 29.1. The zero-order valence-electron chi connectivity index (χ0n) is 29.1. The number of rotatable bonds is 8. The summed E-state index contributed by atoms with van der Waals surface area (Å²) in [4.78, 5) is 56.9. The van der Waals surface area contributed by atoms with Gasteiger partial charge >= 0.3 is 5.97 Å². The quantitative estimate of drug-likeness (QED) is 0.253. The van der Waals surface area contributed by atoms with Crippen molar-refractivity contribution < 1.29 is 19.4 Å². The second-order valence-corrected chi connectivity index (χ2v) is 13.3. The summed E-state index contributed by atoms with van der Waals surface area (Å²) < 4.78 is 6.46. The Labute approximate surface area is 279 Å². The highest BCUT2D eigenvalue weighted by Crippen LogP contribution is 2.36. The third kappa shape index (κ3) is 5.31. The van der Waals surface area contributed by atoms with Crippen LogP contribution in [0.3, 0.4) is 0 Å². The number of carbonyl (C=O) groups excluding carboxylic acids is 2. The summed E-state index contributed by atoms with van der Waals surface area (Å²) in [5.41, 5.74) is 7.54. The predicted molar refractivity (Wildman–Crippen MR) is 187 cm³/mol. The summed E-state index contributed by atoms with van der Waals surface area (Å²) in [5, 5.41) is 14.4. The molecule has 6 heterocycles. The van der Waals surface area contributed by atoms with E-state index in [0.29, 0.717) is 52.5 Å². The number of carbonyl (C=O) groups is 2. The van der Waals surface area contributed by atoms with Crippen molar-refractivity contribution in [3.8, 4) is 5.88 Å². The highest BCUT2D eigenvalue weighted by molar-refractivity contribution is 6.06. The van der Waals surface area contributed by atoms with Gasteiger partial charge < -0.3 is 19.8 Å². The van der Waals surface area contributed by atoms with Gasteiger partial charge in [0.1, 0.15) is 0 Å². The fourth-order valence-electron chi connectivity index (χ4n) is 7.68. The van der Waals surface area contributed by atoms with E-state index < -0.39 is 0 Å². The first-order chi connectivity index (χ1) is 22.9. The number of fused-ring (bicyclic) bond motifs is 7. The van der Waals surface area contributed by atoms with Crippen LogP contribution < -0.4 is 26.8 Å². The number of aliphatic imine (C=N–C) groups is 1. The molecule has 10 heteroatoms. The Balaban J connectivity index is 1.76. The number of ether oxygens (including phenoxy) is 1. The molecule has 0 amide bonds. The van der Waals surface area contributed by atoms with Crippen molar-refractivity contribution in [2.75, 3.05) is 7.11 Å². The number of H-pyrrole nitrogens is 2. The molecule has 252 valence electrons. The van der Waals surface area contributed by atoms with Gasteiger partial charge in [-0.1, -0.05) is 27.2 Å². The molecule has 6 rings (SSSR count). The van der Waals surface area contributed by atoms with Gasteiger partial charge in [0.2, 0.25) is 5.88 Å².